The smallest absolute Gasteiger partial charge is 0.254 e. The molecule has 0 amide bonds. The number of aromatic nitrogens is 3. The molecule has 3 heterocycles. The van der Waals surface area contributed by atoms with Crippen LogP contribution in [0.25, 0.3) is 44.3 Å². The second kappa shape index (κ2) is 7.31. The molecule has 0 bridgehead atoms. The fraction of sp³-hybridized carbons (Fsp3) is 0. The minimum atomic E-state index is 0. The van der Waals surface area contributed by atoms with Crippen LogP contribution in [-0.2, 0) is 0 Å². The molecule has 1 N–H and O–H groups in total. The Bertz CT molecular complexity index is 1520. The summed E-state index contributed by atoms with van der Waals surface area (Å²) in [6.45, 7) is 0. The first kappa shape index (κ1) is 18.9. The average molecular weight is 475 g/mol. The van der Waals surface area contributed by atoms with Crippen molar-refractivity contribution in [2.24, 2.45) is 0 Å². The molecule has 0 radical (unpaired) electrons. The molecular weight excluding hydrogens is 458 g/mol. The molecular formula is C25H17BrClN3. The summed E-state index contributed by atoms with van der Waals surface area (Å²) in [5.41, 5.74) is 6.90. The second-order valence-corrected chi connectivity index (χ2v) is 8.03. The van der Waals surface area contributed by atoms with Crippen LogP contribution in [0.3, 0.4) is 0 Å². The van der Waals surface area contributed by atoms with Gasteiger partial charge in [0.05, 0.1) is 11.7 Å². The Morgan fingerprint density at radius 3 is 2.33 bits per heavy atom. The third kappa shape index (κ3) is 2.76. The lowest BCUT2D eigenvalue weighted by molar-refractivity contribution is -0.510. The van der Waals surface area contributed by atoms with Crippen LogP contribution >= 0.6 is 15.9 Å². The van der Waals surface area contributed by atoms with Gasteiger partial charge in [-0.15, -0.1) is 0 Å². The summed E-state index contributed by atoms with van der Waals surface area (Å²) in [4.78, 5) is 3.67. The number of nitrogens with one attached hydrogen (secondary N) is 1. The zero-order valence-corrected chi connectivity index (χ0v) is 18.2. The van der Waals surface area contributed by atoms with Crippen LogP contribution in [0.5, 0.6) is 0 Å². The third-order valence-electron chi connectivity index (χ3n) is 5.51. The van der Waals surface area contributed by atoms with Crippen LogP contribution < -0.4 is 16.8 Å². The number of aromatic amines is 1. The topological polar surface area (TPSA) is 24.8 Å². The van der Waals surface area contributed by atoms with Gasteiger partial charge < -0.3 is 17.4 Å². The Labute approximate surface area is 188 Å². The molecule has 3 aromatic heterocycles. The largest absolute Gasteiger partial charge is 1.00 e. The lowest BCUT2D eigenvalue weighted by atomic mass is 10.1. The lowest BCUT2D eigenvalue weighted by Gasteiger charge is -2.04. The van der Waals surface area contributed by atoms with Gasteiger partial charge in [0.25, 0.3) is 6.33 Å². The molecule has 3 nitrogen and oxygen atoms in total. The SMILES string of the molecule is Brc1ccccc1-c1c2c3[nH]c4ccccc4c3cc[n+]2cn1-c1ccccc1.[Cl-]. The molecule has 0 aliphatic carbocycles. The van der Waals surface area contributed by atoms with Gasteiger partial charge in [0.2, 0.25) is 5.52 Å². The van der Waals surface area contributed by atoms with E-state index in [1.54, 1.807) is 0 Å². The number of benzene rings is 3. The zero-order valence-electron chi connectivity index (χ0n) is 15.9. The van der Waals surface area contributed by atoms with Gasteiger partial charge in [0.15, 0.2) is 5.69 Å². The van der Waals surface area contributed by atoms with E-state index in [1.165, 1.54) is 10.8 Å². The number of halogens is 2. The summed E-state index contributed by atoms with van der Waals surface area (Å²) in [5, 5.41) is 2.48. The normalized spacial score (nSPS) is 11.2. The van der Waals surface area contributed by atoms with E-state index in [0.717, 1.165) is 38.0 Å². The quantitative estimate of drug-likeness (QED) is 0.373. The fourth-order valence-electron chi connectivity index (χ4n) is 4.21. The number of para-hydroxylation sites is 2. The third-order valence-corrected chi connectivity index (χ3v) is 6.20. The molecule has 5 heteroatoms. The second-order valence-electron chi connectivity index (χ2n) is 7.18. The van der Waals surface area contributed by atoms with Crippen LogP contribution in [0.1, 0.15) is 0 Å². The molecule has 0 fully saturated rings. The van der Waals surface area contributed by atoms with Gasteiger partial charge in [-0.1, -0.05) is 64.5 Å². The maximum absolute atomic E-state index is 3.78. The zero-order chi connectivity index (χ0) is 19.4. The van der Waals surface area contributed by atoms with Crippen LogP contribution in [0.4, 0.5) is 0 Å². The standard InChI is InChI=1S/C25H17BrN3.ClH/c26-21-12-6-4-11-20(21)24-25-23-19(18-10-5-7-13-22(18)27-23)14-15-28(25)16-29(24)17-8-2-1-3-9-17;/h1-16,27H;1H/q+1;/p-1. The molecule has 6 rings (SSSR count). The van der Waals surface area contributed by atoms with Gasteiger partial charge in [-0.2, -0.15) is 8.97 Å². The molecule has 3 aromatic carbocycles. The van der Waals surface area contributed by atoms with Crippen molar-refractivity contribution >= 4 is 43.3 Å². The highest BCUT2D eigenvalue weighted by molar-refractivity contribution is 9.10. The Hall–Kier alpha value is -3.08. The molecule has 0 unspecified atom stereocenters. The van der Waals surface area contributed by atoms with Gasteiger partial charge in [-0.05, 0) is 36.4 Å². The average Bonchev–Trinajstić information content (AvgIpc) is 3.33. The number of nitrogens with zero attached hydrogens (tertiary/aromatic N) is 2. The van der Waals surface area contributed by atoms with E-state index >= 15 is 0 Å². The summed E-state index contributed by atoms with van der Waals surface area (Å²) in [7, 11) is 0. The predicted octanol–water partition coefficient (Wildman–Crippen LogP) is 3.28. The van der Waals surface area contributed by atoms with Crippen LogP contribution in [-0.4, -0.2) is 9.55 Å². The van der Waals surface area contributed by atoms with Crippen molar-refractivity contribution in [1.29, 1.82) is 0 Å². The summed E-state index contributed by atoms with van der Waals surface area (Å²) in [5.74, 6) is 0. The molecule has 30 heavy (non-hydrogen) atoms. The number of hydrogen-bond donors (Lipinski definition) is 1. The maximum Gasteiger partial charge on any atom is 0.254 e. The maximum atomic E-state index is 3.78. The van der Waals surface area contributed by atoms with Crippen molar-refractivity contribution in [3.8, 4) is 16.9 Å². The van der Waals surface area contributed by atoms with E-state index in [9.17, 15) is 0 Å². The fourth-order valence-corrected chi connectivity index (χ4v) is 4.68. The van der Waals surface area contributed by atoms with Crippen molar-refractivity contribution in [2.75, 3.05) is 0 Å². The molecule has 146 valence electrons. The molecule has 6 aromatic rings. The van der Waals surface area contributed by atoms with Gasteiger partial charge in [0, 0.05) is 26.3 Å². The first-order valence-electron chi connectivity index (χ1n) is 9.57. The van der Waals surface area contributed by atoms with Gasteiger partial charge in [0.1, 0.15) is 5.69 Å². The minimum Gasteiger partial charge on any atom is -1.00 e. The van der Waals surface area contributed by atoms with E-state index in [1.807, 2.05) is 6.07 Å². The summed E-state index contributed by atoms with van der Waals surface area (Å²) < 4.78 is 5.55. The van der Waals surface area contributed by atoms with E-state index in [0.29, 0.717) is 0 Å². The van der Waals surface area contributed by atoms with Crippen molar-refractivity contribution in [2.45, 2.75) is 0 Å². The van der Waals surface area contributed by atoms with Crippen molar-refractivity contribution in [1.82, 2.24) is 9.55 Å². The Kier molecular flexibility index (Phi) is 4.61. The number of imidazole rings is 1. The number of pyridine rings is 1. The highest BCUT2D eigenvalue weighted by Crippen LogP contribution is 2.36. The van der Waals surface area contributed by atoms with E-state index in [-0.39, 0.29) is 12.4 Å². The number of H-pyrrole nitrogens is 1. The molecule has 0 aliphatic heterocycles. The molecule has 0 saturated carbocycles. The highest BCUT2D eigenvalue weighted by atomic mass is 79.9. The predicted molar refractivity (Wildman–Crippen MR) is 121 cm³/mol. The summed E-state index contributed by atoms with van der Waals surface area (Å²) in [6, 6.07) is 29.6. The van der Waals surface area contributed by atoms with Crippen LogP contribution in [0.2, 0.25) is 0 Å². The van der Waals surface area contributed by atoms with Crippen molar-refractivity contribution < 1.29 is 16.8 Å². The summed E-state index contributed by atoms with van der Waals surface area (Å²) >= 11 is 3.78. The van der Waals surface area contributed by atoms with Crippen molar-refractivity contribution in [3.05, 3.63) is 102 Å². The van der Waals surface area contributed by atoms with Crippen LogP contribution in [0.15, 0.2) is 102 Å². The first-order chi connectivity index (χ1) is 14.3. The lowest BCUT2D eigenvalue weighted by Crippen LogP contribution is -3.00. The van der Waals surface area contributed by atoms with E-state index in [2.05, 4.69) is 121 Å². The molecule has 0 aliphatic rings. The van der Waals surface area contributed by atoms with E-state index in [4.69, 9.17) is 0 Å². The number of hydrogen-bond acceptors (Lipinski definition) is 0. The Morgan fingerprint density at radius 1 is 0.767 bits per heavy atom. The monoisotopic (exact) mass is 473 g/mol. The first-order valence-corrected chi connectivity index (χ1v) is 10.4. The number of rotatable bonds is 2. The minimum absolute atomic E-state index is 0. The molecule has 0 atom stereocenters. The van der Waals surface area contributed by atoms with Gasteiger partial charge in [-0.25, -0.2) is 0 Å². The van der Waals surface area contributed by atoms with Gasteiger partial charge in [-0.3, -0.25) is 0 Å². The van der Waals surface area contributed by atoms with Crippen LogP contribution in [0, 0.1) is 0 Å². The van der Waals surface area contributed by atoms with Crippen molar-refractivity contribution in [3.63, 3.8) is 0 Å². The van der Waals surface area contributed by atoms with Gasteiger partial charge >= 0.3 is 0 Å². The Morgan fingerprint density at radius 2 is 1.50 bits per heavy atom. The molecule has 0 spiro atoms. The molecule has 0 saturated heterocycles. The number of fused-ring (bicyclic) bond motifs is 5. The Balaban J connectivity index is 0.00000193. The van der Waals surface area contributed by atoms with E-state index < -0.39 is 0 Å². The highest BCUT2D eigenvalue weighted by Gasteiger charge is 2.25. The summed E-state index contributed by atoms with van der Waals surface area (Å²) in [6.07, 6.45) is 4.31.